The minimum atomic E-state index is -2.81. The van der Waals surface area contributed by atoms with Crippen molar-refractivity contribution in [2.45, 2.75) is 31.9 Å². The van der Waals surface area contributed by atoms with E-state index in [1.54, 1.807) is 18.3 Å². The topological polar surface area (TPSA) is 63.9 Å². The molecule has 3 N–H and O–H groups in total. The number of alkyl halides is 2. The highest BCUT2D eigenvalue weighted by Gasteiger charge is 2.41. The first-order valence-electron chi connectivity index (χ1n) is 6.86. The number of aromatic nitrogens is 2. The Labute approximate surface area is 121 Å². The van der Waals surface area contributed by atoms with Crippen LogP contribution in [0.4, 0.5) is 8.78 Å². The molecule has 0 radical (unpaired) electrons. The van der Waals surface area contributed by atoms with Gasteiger partial charge in [0.25, 0.3) is 0 Å². The van der Waals surface area contributed by atoms with E-state index >= 15 is 0 Å². The Hall–Kier alpha value is -1.95. The Morgan fingerprint density at radius 1 is 1.33 bits per heavy atom. The highest BCUT2D eigenvalue weighted by Crippen LogP contribution is 2.43. The van der Waals surface area contributed by atoms with Gasteiger partial charge in [0, 0.05) is 0 Å². The number of nitrogens with one attached hydrogen (secondary N) is 1. The van der Waals surface area contributed by atoms with Crippen molar-refractivity contribution in [3.63, 3.8) is 0 Å². The molecule has 0 spiro atoms. The molecule has 1 aromatic heterocycles. The lowest BCUT2D eigenvalue weighted by Crippen LogP contribution is -2.36. The molecule has 6 heteroatoms. The average molecular weight is 293 g/mol. The van der Waals surface area contributed by atoms with E-state index in [0.717, 1.165) is 29.9 Å². The first-order valence-corrected chi connectivity index (χ1v) is 6.86. The van der Waals surface area contributed by atoms with Crippen molar-refractivity contribution < 1.29 is 13.5 Å². The van der Waals surface area contributed by atoms with Gasteiger partial charge in [0.1, 0.15) is 11.6 Å². The Bertz CT molecular complexity index is 618. The zero-order valence-corrected chi connectivity index (χ0v) is 11.6. The first-order chi connectivity index (χ1) is 9.96. The molecule has 0 bridgehead atoms. The SMILES string of the molecule is CC(N)(c1ncc(-c2ccc(OC(F)F)cc2)[nH]1)C1CC1. The second-order valence-electron chi connectivity index (χ2n) is 5.61. The number of aromatic amines is 1. The highest BCUT2D eigenvalue weighted by molar-refractivity contribution is 5.59. The summed E-state index contributed by atoms with van der Waals surface area (Å²) in [7, 11) is 0. The zero-order valence-electron chi connectivity index (χ0n) is 11.6. The van der Waals surface area contributed by atoms with Crippen molar-refractivity contribution in [2.75, 3.05) is 0 Å². The number of H-pyrrole nitrogens is 1. The van der Waals surface area contributed by atoms with Crippen LogP contribution in [0.1, 0.15) is 25.6 Å². The predicted octanol–water partition coefficient (Wildman–Crippen LogP) is 3.26. The smallest absolute Gasteiger partial charge is 0.387 e. The molecule has 0 aliphatic heterocycles. The van der Waals surface area contributed by atoms with E-state index in [0.29, 0.717) is 5.92 Å². The maximum Gasteiger partial charge on any atom is 0.387 e. The van der Waals surface area contributed by atoms with E-state index in [-0.39, 0.29) is 5.75 Å². The molecule has 1 fully saturated rings. The van der Waals surface area contributed by atoms with Crippen LogP contribution in [0.15, 0.2) is 30.5 Å². The van der Waals surface area contributed by atoms with Crippen LogP contribution in [0.2, 0.25) is 0 Å². The molecule has 1 aliphatic rings. The van der Waals surface area contributed by atoms with Gasteiger partial charge >= 0.3 is 6.61 Å². The number of halogens is 2. The summed E-state index contributed by atoms with van der Waals surface area (Å²) in [5.74, 6) is 1.36. The monoisotopic (exact) mass is 293 g/mol. The number of rotatable bonds is 5. The van der Waals surface area contributed by atoms with Crippen LogP contribution in [0.5, 0.6) is 5.75 Å². The van der Waals surface area contributed by atoms with Gasteiger partial charge in [-0.1, -0.05) is 0 Å². The third-order valence-electron chi connectivity index (χ3n) is 3.90. The van der Waals surface area contributed by atoms with E-state index in [1.165, 1.54) is 12.1 Å². The molecular formula is C15H17F2N3O. The maximum absolute atomic E-state index is 12.1. The molecule has 1 aromatic carbocycles. The summed E-state index contributed by atoms with van der Waals surface area (Å²) in [4.78, 5) is 7.59. The molecule has 1 saturated carbocycles. The normalized spacial score (nSPS) is 17.8. The number of benzene rings is 1. The molecular weight excluding hydrogens is 276 g/mol. The molecule has 112 valence electrons. The van der Waals surface area contributed by atoms with Crippen LogP contribution in [0.3, 0.4) is 0 Å². The van der Waals surface area contributed by atoms with Crippen LogP contribution in [-0.2, 0) is 5.54 Å². The minimum absolute atomic E-state index is 0.134. The average Bonchev–Trinajstić information content (AvgIpc) is 3.17. The van der Waals surface area contributed by atoms with Crippen molar-refractivity contribution in [1.82, 2.24) is 9.97 Å². The summed E-state index contributed by atoms with van der Waals surface area (Å²) in [6, 6.07) is 6.43. The van der Waals surface area contributed by atoms with Crippen LogP contribution in [0, 0.1) is 5.92 Å². The Kier molecular flexibility index (Phi) is 3.41. The zero-order chi connectivity index (χ0) is 15.0. The standard InChI is InChI=1S/C15H17F2N3O/c1-15(18,10-4-5-10)13-19-8-12(20-13)9-2-6-11(7-3-9)21-14(16)17/h2-3,6-8,10,14H,4-5,18H2,1H3,(H,19,20). The molecule has 21 heavy (non-hydrogen) atoms. The number of nitrogens with two attached hydrogens (primary N) is 1. The van der Waals surface area contributed by atoms with E-state index in [9.17, 15) is 8.78 Å². The predicted molar refractivity (Wildman–Crippen MR) is 74.9 cm³/mol. The summed E-state index contributed by atoms with van der Waals surface area (Å²) in [5.41, 5.74) is 7.53. The van der Waals surface area contributed by atoms with Crippen LogP contribution >= 0.6 is 0 Å². The molecule has 3 rings (SSSR count). The number of hydrogen-bond acceptors (Lipinski definition) is 3. The van der Waals surface area contributed by atoms with Crippen LogP contribution in [0.25, 0.3) is 11.3 Å². The summed E-state index contributed by atoms with van der Waals surface area (Å²) in [5, 5.41) is 0. The highest BCUT2D eigenvalue weighted by atomic mass is 19.3. The fourth-order valence-corrected chi connectivity index (χ4v) is 2.43. The van der Waals surface area contributed by atoms with Crippen molar-refractivity contribution in [1.29, 1.82) is 0 Å². The molecule has 1 unspecified atom stereocenters. The minimum Gasteiger partial charge on any atom is -0.435 e. The molecule has 0 amide bonds. The van der Waals surface area contributed by atoms with Crippen LogP contribution < -0.4 is 10.5 Å². The molecule has 1 aliphatic carbocycles. The van der Waals surface area contributed by atoms with Gasteiger partial charge in [-0.2, -0.15) is 8.78 Å². The Morgan fingerprint density at radius 3 is 2.57 bits per heavy atom. The van der Waals surface area contributed by atoms with Gasteiger partial charge in [0.2, 0.25) is 0 Å². The number of nitrogens with zero attached hydrogens (tertiary/aromatic N) is 1. The summed E-state index contributed by atoms with van der Waals surface area (Å²) in [6.45, 7) is -0.835. The van der Waals surface area contributed by atoms with Crippen molar-refractivity contribution >= 4 is 0 Å². The van der Waals surface area contributed by atoms with Gasteiger partial charge in [-0.15, -0.1) is 0 Å². The van der Waals surface area contributed by atoms with E-state index in [1.807, 2.05) is 6.92 Å². The largest absolute Gasteiger partial charge is 0.435 e. The van der Waals surface area contributed by atoms with E-state index in [2.05, 4.69) is 14.7 Å². The van der Waals surface area contributed by atoms with Crippen molar-refractivity contribution in [3.05, 3.63) is 36.3 Å². The van der Waals surface area contributed by atoms with Gasteiger partial charge < -0.3 is 15.5 Å². The van der Waals surface area contributed by atoms with Crippen molar-refractivity contribution in [2.24, 2.45) is 11.7 Å². The van der Waals surface area contributed by atoms with Crippen LogP contribution in [-0.4, -0.2) is 16.6 Å². The number of ether oxygens (including phenoxy) is 1. The molecule has 2 aromatic rings. The lowest BCUT2D eigenvalue weighted by atomic mass is 9.97. The third-order valence-corrected chi connectivity index (χ3v) is 3.90. The lowest BCUT2D eigenvalue weighted by molar-refractivity contribution is -0.0498. The van der Waals surface area contributed by atoms with E-state index < -0.39 is 12.2 Å². The summed E-state index contributed by atoms with van der Waals surface area (Å²) < 4.78 is 28.5. The second kappa shape index (κ2) is 5.11. The lowest BCUT2D eigenvalue weighted by Gasteiger charge is -2.21. The number of imidazole rings is 1. The quantitative estimate of drug-likeness (QED) is 0.889. The molecule has 0 saturated heterocycles. The van der Waals surface area contributed by atoms with Gasteiger partial charge in [0.05, 0.1) is 17.4 Å². The third kappa shape index (κ3) is 2.90. The van der Waals surface area contributed by atoms with E-state index in [4.69, 9.17) is 5.73 Å². The summed E-state index contributed by atoms with van der Waals surface area (Å²) in [6.07, 6.45) is 3.97. The fraction of sp³-hybridized carbons (Fsp3) is 0.400. The molecule has 1 heterocycles. The Morgan fingerprint density at radius 2 is 2.00 bits per heavy atom. The molecule has 4 nitrogen and oxygen atoms in total. The van der Waals surface area contributed by atoms with Gasteiger partial charge in [0.15, 0.2) is 0 Å². The molecule has 1 atom stereocenters. The first kappa shape index (κ1) is 14.0. The van der Waals surface area contributed by atoms with Gasteiger partial charge in [-0.05, 0) is 55.5 Å². The summed E-state index contributed by atoms with van der Waals surface area (Å²) >= 11 is 0. The second-order valence-corrected chi connectivity index (χ2v) is 5.61. The fourth-order valence-electron chi connectivity index (χ4n) is 2.43. The maximum atomic E-state index is 12.1. The van der Waals surface area contributed by atoms with Gasteiger partial charge in [-0.3, -0.25) is 0 Å². The Balaban J connectivity index is 1.79. The van der Waals surface area contributed by atoms with Gasteiger partial charge in [-0.25, -0.2) is 4.98 Å². The van der Waals surface area contributed by atoms with Crippen molar-refractivity contribution in [3.8, 4) is 17.0 Å². The number of hydrogen-bond donors (Lipinski definition) is 2.